The monoisotopic (exact) mass is 648 g/mol. The predicted molar refractivity (Wildman–Crippen MR) is 204 cm³/mol. The van der Waals surface area contributed by atoms with Gasteiger partial charge in [-0.1, -0.05) is 84.9 Å². The highest BCUT2D eigenvalue weighted by atomic mass is 32.1. The fraction of sp³-hybridized carbons (Fsp3) is 0. The van der Waals surface area contributed by atoms with Crippen LogP contribution in [0.1, 0.15) is 0 Å². The molecule has 0 amide bonds. The summed E-state index contributed by atoms with van der Waals surface area (Å²) >= 11 is 3.70. The van der Waals surface area contributed by atoms with E-state index < -0.39 is 0 Å². The van der Waals surface area contributed by atoms with Crippen molar-refractivity contribution >= 4 is 90.9 Å². The minimum atomic E-state index is 0.649. The topological polar surface area (TPSA) is 29.3 Å². The maximum atomic E-state index is 6.49. The van der Waals surface area contributed by atoms with Gasteiger partial charge >= 0.3 is 0 Å². The number of hydrogen-bond donors (Lipinski definition) is 0. The van der Waals surface area contributed by atoms with Crippen LogP contribution in [0, 0.1) is 0 Å². The van der Waals surface area contributed by atoms with Crippen molar-refractivity contribution in [2.24, 2.45) is 0 Å². The maximum Gasteiger partial charge on any atom is 0.227 e. The van der Waals surface area contributed by atoms with Gasteiger partial charge in [0.05, 0.1) is 0 Å². The number of oxazole rings is 1. The third-order valence-electron chi connectivity index (χ3n) is 9.61. The molecule has 0 radical (unpaired) electrons. The van der Waals surface area contributed by atoms with Crippen LogP contribution in [0.3, 0.4) is 0 Å². The summed E-state index contributed by atoms with van der Waals surface area (Å²) in [5.41, 5.74) is 7.43. The molecule has 7 aromatic carbocycles. The summed E-state index contributed by atoms with van der Waals surface area (Å²) in [6, 6.07) is 52.5. The largest absolute Gasteiger partial charge is 0.435 e. The zero-order valence-electron chi connectivity index (χ0n) is 25.5. The minimum Gasteiger partial charge on any atom is -0.435 e. The summed E-state index contributed by atoms with van der Waals surface area (Å²) in [6.07, 6.45) is 0. The Morgan fingerprint density at radius 1 is 0.479 bits per heavy atom. The van der Waals surface area contributed by atoms with Crippen LogP contribution in [-0.2, 0) is 0 Å². The summed E-state index contributed by atoms with van der Waals surface area (Å²) in [6.45, 7) is 0. The van der Waals surface area contributed by atoms with Gasteiger partial charge in [-0.15, -0.1) is 22.7 Å². The third kappa shape index (κ3) is 3.77. The molecular weight excluding hydrogens is 625 g/mol. The van der Waals surface area contributed by atoms with Crippen LogP contribution in [-0.4, -0.2) is 4.98 Å². The second-order valence-electron chi connectivity index (χ2n) is 12.4. The van der Waals surface area contributed by atoms with Crippen LogP contribution in [0.4, 0.5) is 17.1 Å². The first kappa shape index (κ1) is 26.3. The molecule has 224 valence electrons. The van der Waals surface area contributed by atoms with Gasteiger partial charge in [0.15, 0.2) is 5.76 Å². The molecule has 3 aromatic heterocycles. The van der Waals surface area contributed by atoms with Gasteiger partial charge in [0, 0.05) is 79.5 Å². The van der Waals surface area contributed by atoms with Crippen LogP contribution in [0.15, 0.2) is 150 Å². The SMILES string of the molecule is c1ccc(-c2nc3c(o2)-c2cccc4cc(N(c5ccc6c(c5)sc5ccccc56)c5ccc6c(c5)sc5ccccc56)cc-3c24)cc1. The van der Waals surface area contributed by atoms with E-state index in [1.807, 2.05) is 40.9 Å². The normalized spacial score (nSPS) is 12.2. The van der Waals surface area contributed by atoms with Crippen molar-refractivity contribution in [3.05, 3.63) is 146 Å². The molecule has 1 aliphatic rings. The number of thiophene rings is 2. The van der Waals surface area contributed by atoms with Gasteiger partial charge in [-0.3, -0.25) is 0 Å². The highest BCUT2D eigenvalue weighted by molar-refractivity contribution is 7.26. The average Bonchev–Trinajstić information content (AvgIpc) is 3.89. The zero-order valence-corrected chi connectivity index (χ0v) is 27.1. The van der Waals surface area contributed by atoms with Crippen LogP contribution < -0.4 is 4.90 Å². The third-order valence-corrected chi connectivity index (χ3v) is 11.9. The van der Waals surface area contributed by atoms with Crippen molar-refractivity contribution in [3.8, 4) is 34.0 Å². The Bertz CT molecular complexity index is 2800. The van der Waals surface area contributed by atoms with E-state index in [1.54, 1.807) is 0 Å². The molecule has 0 fully saturated rings. The van der Waals surface area contributed by atoms with E-state index in [2.05, 4.69) is 132 Å². The van der Waals surface area contributed by atoms with E-state index in [0.29, 0.717) is 5.89 Å². The smallest absolute Gasteiger partial charge is 0.227 e. The quantitative estimate of drug-likeness (QED) is 0.190. The van der Waals surface area contributed by atoms with E-state index in [-0.39, 0.29) is 0 Å². The molecule has 0 aliphatic heterocycles. The van der Waals surface area contributed by atoms with Crippen LogP contribution >= 0.6 is 22.7 Å². The van der Waals surface area contributed by atoms with E-state index in [1.165, 1.54) is 51.1 Å². The molecule has 0 N–H and O–H groups in total. The van der Waals surface area contributed by atoms with Gasteiger partial charge in [0.2, 0.25) is 5.89 Å². The standard InChI is InChI=1S/C43H24N2OS2/c1-2-9-25(10-3-1)43-44-41-35-22-29(21-26-11-8-14-34(40(26)35)42(41)46-43)45(27-17-19-32-30-12-4-6-15-36(30)47-38(32)23-27)28-18-20-33-31-13-5-7-16-37(31)48-39(33)24-28/h1-24H. The first-order valence-corrected chi connectivity index (χ1v) is 17.7. The van der Waals surface area contributed by atoms with Gasteiger partial charge in [0.25, 0.3) is 0 Å². The molecule has 0 unspecified atom stereocenters. The second-order valence-corrected chi connectivity index (χ2v) is 14.5. The molecule has 3 heterocycles. The second kappa shape index (κ2) is 9.88. The molecule has 10 aromatic rings. The molecular formula is C43H24N2OS2. The number of nitrogens with zero attached hydrogens (tertiary/aromatic N) is 2. The number of aromatic nitrogens is 1. The van der Waals surface area contributed by atoms with E-state index in [4.69, 9.17) is 9.40 Å². The summed E-state index contributed by atoms with van der Waals surface area (Å²) in [5.74, 6) is 1.49. The van der Waals surface area contributed by atoms with Gasteiger partial charge in [-0.25, -0.2) is 4.98 Å². The van der Waals surface area contributed by atoms with Gasteiger partial charge in [-0.05, 0) is 66.0 Å². The molecule has 0 saturated carbocycles. The van der Waals surface area contributed by atoms with Crippen LogP contribution in [0.2, 0.25) is 0 Å². The van der Waals surface area contributed by atoms with Crippen molar-refractivity contribution in [3.63, 3.8) is 0 Å². The van der Waals surface area contributed by atoms with Crippen molar-refractivity contribution in [2.75, 3.05) is 4.90 Å². The maximum absolute atomic E-state index is 6.49. The van der Waals surface area contributed by atoms with Crippen molar-refractivity contribution in [1.29, 1.82) is 0 Å². The molecule has 48 heavy (non-hydrogen) atoms. The molecule has 11 rings (SSSR count). The fourth-order valence-corrected chi connectivity index (χ4v) is 9.74. The Kier molecular flexibility index (Phi) is 5.42. The van der Waals surface area contributed by atoms with Crippen molar-refractivity contribution < 1.29 is 4.42 Å². The molecule has 1 aliphatic carbocycles. The Hall–Kier alpha value is -5.75. The molecule has 5 heteroatoms. The minimum absolute atomic E-state index is 0.649. The van der Waals surface area contributed by atoms with Crippen LogP contribution in [0.25, 0.3) is 85.2 Å². The Balaban J connectivity index is 1.15. The van der Waals surface area contributed by atoms with Gasteiger partial charge < -0.3 is 9.32 Å². The highest BCUT2D eigenvalue weighted by Gasteiger charge is 2.30. The molecule has 3 nitrogen and oxygen atoms in total. The zero-order chi connectivity index (χ0) is 31.3. The lowest BCUT2D eigenvalue weighted by Crippen LogP contribution is -2.10. The first-order chi connectivity index (χ1) is 23.8. The van der Waals surface area contributed by atoms with Gasteiger partial charge in [0.1, 0.15) is 5.69 Å². The van der Waals surface area contributed by atoms with E-state index in [9.17, 15) is 0 Å². The summed E-state index contributed by atoms with van der Waals surface area (Å²) < 4.78 is 11.7. The lowest BCUT2D eigenvalue weighted by atomic mass is 10.0. The Labute approximate surface area is 283 Å². The summed E-state index contributed by atoms with van der Waals surface area (Å²) in [7, 11) is 0. The fourth-order valence-electron chi connectivity index (χ4n) is 7.46. The number of rotatable bonds is 4. The molecule has 0 spiro atoms. The van der Waals surface area contributed by atoms with Crippen molar-refractivity contribution in [1.82, 2.24) is 4.98 Å². The van der Waals surface area contributed by atoms with E-state index >= 15 is 0 Å². The van der Waals surface area contributed by atoms with Crippen LogP contribution in [0.5, 0.6) is 0 Å². The number of benzene rings is 7. The lowest BCUT2D eigenvalue weighted by Gasteiger charge is -2.26. The first-order valence-electron chi connectivity index (χ1n) is 16.0. The van der Waals surface area contributed by atoms with Crippen molar-refractivity contribution in [2.45, 2.75) is 0 Å². The summed E-state index contributed by atoms with van der Waals surface area (Å²) in [4.78, 5) is 7.50. The highest BCUT2D eigenvalue weighted by Crippen LogP contribution is 2.51. The lowest BCUT2D eigenvalue weighted by molar-refractivity contribution is 0.590. The number of anilines is 3. The Morgan fingerprint density at radius 2 is 1.10 bits per heavy atom. The Morgan fingerprint density at radius 3 is 1.79 bits per heavy atom. The predicted octanol–water partition coefficient (Wildman–Crippen LogP) is 13.3. The number of hydrogen-bond acceptors (Lipinski definition) is 5. The summed E-state index contributed by atoms with van der Waals surface area (Å²) in [5, 5.41) is 7.57. The average molecular weight is 649 g/mol. The van der Waals surface area contributed by atoms with Gasteiger partial charge in [-0.2, -0.15) is 0 Å². The molecule has 0 saturated heterocycles. The van der Waals surface area contributed by atoms with E-state index in [0.717, 1.165) is 45.2 Å². The number of fused-ring (bicyclic) bond motifs is 9. The molecule has 0 atom stereocenters. The molecule has 0 bridgehead atoms.